The molecule has 6 heteroatoms. The molecule has 0 bridgehead atoms. The summed E-state index contributed by atoms with van der Waals surface area (Å²) < 4.78 is 2.90. The maximum absolute atomic E-state index is 4.27. The van der Waals surface area contributed by atoms with Crippen LogP contribution in [-0.4, -0.2) is 15.0 Å². The predicted molar refractivity (Wildman–Crippen MR) is 67.6 cm³/mol. The minimum atomic E-state index is 0.833. The molecule has 0 aliphatic rings. The van der Waals surface area contributed by atoms with Gasteiger partial charge in [0.05, 0.1) is 3.57 Å². The van der Waals surface area contributed by atoms with Gasteiger partial charge in [0.25, 0.3) is 0 Å². The number of hydrogen-bond acceptors (Lipinski definition) is 3. The van der Waals surface area contributed by atoms with Gasteiger partial charge in [-0.15, -0.1) is 0 Å². The number of halogens is 2. The Morgan fingerprint density at radius 3 is 2.86 bits per heavy atom. The van der Waals surface area contributed by atoms with Crippen molar-refractivity contribution in [3.05, 3.63) is 34.6 Å². The molecular formula is C8H5I2N4+. The molecule has 0 atom stereocenters. The van der Waals surface area contributed by atoms with Crippen LogP contribution in [0.4, 0.5) is 0 Å². The summed E-state index contributed by atoms with van der Waals surface area (Å²) in [6.07, 6.45) is 6.99. The highest BCUT2D eigenvalue weighted by Gasteiger charge is 2.16. The first-order chi connectivity index (χ1) is 6.79. The summed E-state index contributed by atoms with van der Waals surface area (Å²) in [6, 6.07) is 1.88. The van der Waals surface area contributed by atoms with E-state index in [1.54, 1.807) is 12.4 Å². The van der Waals surface area contributed by atoms with Crippen molar-refractivity contribution in [1.82, 2.24) is 15.0 Å². The molecule has 0 aliphatic heterocycles. The quantitative estimate of drug-likeness (QED) is 0.671. The van der Waals surface area contributed by atoms with E-state index >= 15 is 0 Å². The van der Waals surface area contributed by atoms with Crippen LogP contribution in [0.1, 0.15) is 0 Å². The van der Waals surface area contributed by atoms with Gasteiger partial charge in [-0.05, 0) is 27.6 Å². The highest BCUT2D eigenvalue weighted by atomic mass is 127. The molecule has 4 nitrogen and oxygen atoms in total. The summed E-state index contributed by atoms with van der Waals surface area (Å²) in [7, 11) is 0. The minimum Gasteiger partial charge on any atom is -0.244 e. The summed E-state index contributed by atoms with van der Waals surface area (Å²) in [5.41, 5.74) is 0.857. The SMILES string of the molecule is Ic1cncnc1-c1nccc[n+]1I. The van der Waals surface area contributed by atoms with Crippen LogP contribution in [0.2, 0.25) is 0 Å². The third-order valence-corrected chi connectivity index (χ3v) is 3.15. The molecule has 0 unspecified atom stereocenters. The number of hydrogen-bond donors (Lipinski definition) is 0. The fraction of sp³-hybridized carbons (Fsp3) is 0. The lowest BCUT2D eigenvalue weighted by Crippen LogP contribution is -2.24. The van der Waals surface area contributed by atoms with E-state index in [2.05, 4.69) is 60.4 Å². The van der Waals surface area contributed by atoms with Crippen LogP contribution < -0.4 is 2.78 Å². The van der Waals surface area contributed by atoms with Gasteiger partial charge >= 0.3 is 5.82 Å². The highest BCUT2D eigenvalue weighted by Crippen LogP contribution is 2.16. The fourth-order valence-electron chi connectivity index (χ4n) is 0.993. The Labute approximate surface area is 108 Å². The maximum Gasteiger partial charge on any atom is 0.358 e. The Bertz CT molecular complexity index is 417. The number of nitrogens with zero attached hydrogens (tertiary/aromatic N) is 4. The topological polar surface area (TPSA) is 42.6 Å². The van der Waals surface area contributed by atoms with E-state index in [0.29, 0.717) is 0 Å². The van der Waals surface area contributed by atoms with Gasteiger partial charge < -0.3 is 0 Å². The molecule has 2 aromatic rings. The van der Waals surface area contributed by atoms with Crippen LogP contribution >= 0.6 is 45.5 Å². The Morgan fingerprint density at radius 1 is 1.29 bits per heavy atom. The molecule has 2 rings (SSSR count). The van der Waals surface area contributed by atoms with Crippen molar-refractivity contribution >= 4 is 45.5 Å². The second-order valence-corrected chi connectivity index (χ2v) is 4.68. The lowest BCUT2D eigenvalue weighted by atomic mass is 10.4. The van der Waals surface area contributed by atoms with Crippen LogP contribution in [-0.2, 0) is 0 Å². The first kappa shape index (κ1) is 10.1. The third-order valence-electron chi connectivity index (χ3n) is 1.58. The van der Waals surface area contributed by atoms with Crippen molar-refractivity contribution in [2.45, 2.75) is 0 Å². The Hall–Kier alpha value is -0.380. The van der Waals surface area contributed by atoms with E-state index in [9.17, 15) is 0 Å². The van der Waals surface area contributed by atoms with Gasteiger partial charge in [-0.3, -0.25) is 0 Å². The van der Waals surface area contributed by atoms with Gasteiger partial charge in [-0.2, -0.15) is 2.78 Å². The molecule has 2 heterocycles. The summed E-state index contributed by atoms with van der Waals surface area (Å²) >= 11 is 4.37. The van der Waals surface area contributed by atoms with Crippen molar-refractivity contribution in [3.63, 3.8) is 0 Å². The van der Waals surface area contributed by atoms with Crippen molar-refractivity contribution in [1.29, 1.82) is 0 Å². The van der Waals surface area contributed by atoms with Gasteiger partial charge in [0.2, 0.25) is 22.9 Å². The zero-order valence-electron chi connectivity index (χ0n) is 6.93. The van der Waals surface area contributed by atoms with Crippen LogP contribution in [0.3, 0.4) is 0 Å². The van der Waals surface area contributed by atoms with E-state index in [1.165, 1.54) is 6.33 Å². The average Bonchev–Trinajstić information content (AvgIpc) is 2.20. The largest absolute Gasteiger partial charge is 0.358 e. The molecule has 2 aromatic heterocycles. The number of aromatic nitrogens is 4. The fourth-order valence-corrected chi connectivity index (χ4v) is 2.07. The molecule has 0 aromatic carbocycles. The standard InChI is InChI=1S/C8H5I2N4/c9-6-4-11-5-13-7(6)8-12-2-1-3-14(8)10/h1-5H/q+1. The van der Waals surface area contributed by atoms with Gasteiger partial charge in [0.15, 0.2) is 5.69 Å². The van der Waals surface area contributed by atoms with Crippen molar-refractivity contribution in [3.8, 4) is 11.5 Å². The summed E-state index contributed by atoms with van der Waals surface area (Å²) in [6.45, 7) is 0. The molecule has 0 radical (unpaired) electrons. The average molecular weight is 411 g/mol. The Morgan fingerprint density at radius 2 is 2.14 bits per heavy atom. The van der Waals surface area contributed by atoms with E-state index in [0.717, 1.165) is 15.1 Å². The molecule has 0 N–H and O–H groups in total. The molecular weight excluding hydrogens is 406 g/mol. The van der Waals surface area contributed by atoms with E-state index < -0.39 is 0 Å². The minimum absolute atomic E-state index is 0.833. The zero-order chi connectivity index (χ0) is 9.97. The van der Waals surface area contributed by atoms with E-state index in [4.69, 9.17) is 0 Å². The summed E-state index contributed by atoms with van der Waals surface area (Å²) in [4.78, 5) is 12.4. The van der Waals surface area contributed by atoms with Gasteiger partial charge in [0.1, 0.15) is 18.7 Å². The first-order valence-corrected chi connectivity index (χ1v) is 5.82. The molecule has 0 saturated heterocycles. The van der Waals surface area contributed by atoms with Gasteiger partial charge in [-0.1, -0.05) is 0 Å². The van der Waals surface area contributed by atoms with Crippen molar-refractivity contribution in [2.24, 2.45) is 0 Å². The van der Waals surface area contributed by atoms with Gasteiger partial charge in [0, 0.05) is 12.3 Å². The molecule has 0 spiro atoms. The van der Waals surface area contributed by atoms with E-state index in [1.807, 2.05) is 15.0 Å². The molecule has 0 saturated carbocycles. The first-order valence-electron chi connectivity index (χ1n) is 3.78. The summed E-state index contributed by atoms with van der Waals surface area (Å²) in [5.74, 6) is 0.833. The maximum atomic E-state index is 4.27. The van der Waals surface area contributed by atoms with Crippen molar-refractivity contribution in [2.75, 3.05) is 0 Å². The molecule has 0 fully saturated rings. The van der Waals surface area contributed by atoms with Crippen LogP contribution in [0.25, 0.3) is 11.5 Å². The Kier molecular flexibility index (Phi) is 3.21. The Balaban J connectivity index is 2.61. The normalized spacial score (nSPS) is 10.1. The second-order valence-electron chi connectivity index (χ2n) is 2.47. The van der Waals surface area contributed by atoms with Crippen LogP contribution in [0, 0.1) is 3.57 Å². The lowest BCUT2D eigenvalue weighted by Gasteiger charge is -1.96. The zero-order valence-corrected chi connectivity index (χ0v) is 11.2. The third kappa shape index (κ3) is 2.00. The van der Waals surface area contributed by atoms with E-state index in [-0.39, 0.29) is 0 Å². The molecule has 70 valence electrons. The van der Waals surface area contributed by atoms with Crippen LogP contribution in [0.15, 0.2) is 31.0 Å². The summed E-state index contributed by atoms with van der Waals surface area (Å²) in [5, 5.41) is 0. The van der Waals surface area contributed by atoms with Gasteiger partial charge in [-0.25, -0.2) is 9.97 Å². The molecule has 0 amide bonds. The lowest BCUT2D eigenvalue weighted by molar-refractivity contribution is -0.431. The highest BCUT2D eigenvalue weighted by molar-refractivity contribution is 14.1. The molecule has 0 aliphatic carbocycles. The van der Waals surface area contributed by atoms with Crippen LogP contribution in [0.5, 0.6) is 0 Å². The monoisotopic (exact) mass is 411 g/mol. The smallest absolute Gasteiger partial charge is 0.244 e. The molecule has 14 heavy (non-hydrogen) atoms. The van der Waals surface area contributed by atoms with Crippen molar-refractivity contribution < 1.29 is 2.78 Å². The second kappa shape index (κ2) is 4.43. The predicted octanol–water partition coefficient (Wildman–Crippen LogP) is 1.63. The number of rotatable bonds is 1.